The Labute approximate surface area is 375 Å². The van der Waals surface area contributed by atoms with Crippen LogP contribution in [0.25, 0.3) is 0 Å². The van der Waals surface area contributed by atoms with Crippen LogP contribution in [0.3, 0.4) is 0 Å². The van der Waals surface area contributed by atoms with Crippen LogP contribution in [0, 0.1) is 23.6 Å². The molecule has 2 aromatic carbocycles. The van der Waals surface area contributed by atoms with Gasteiger partial charge in [-0.3, -0.25) is 4.79 Å². The quantitative estimate of drug-likeness (QED) is 0.0738. The summed E-state index contributed by atoms with van der Waals surface area (Å²) in [4.78, 5) is 13.5. The van der Waals surface area contributed by atoms with E-state index in [-0.39, 0.29) is 48.3 Å². The molecular weight excluding hydrogens is 785 g/mol. The number of carbonyl (C=O) groups is 1. The molecule has 0 aliphatic carbocycles. The zero-order valence-corrected chi connectivity index (χ0v) is 39.6. The number of carbonyl (C=O) groups excluding carboxylic acids is 1. The minimum atomic E-state index is -0.762. The van der Waals surface area contributed by atoms with Gasteiger partial charge in [0, 0.05) is 12.3 Å². The van der Waals surface area contributed by atoms with Crippen LogP contribution in [-0.2, 0) is 30.2 Å². The first-order valence-corrected chi connectivity index (χ1v) is 25.0. The van der Waals surface area contributed by atoms with Crippen molar-refractivity contribution in [2.24, 2.45) is 17.8 Å². The molecule has 9 heteroatoms. The highest BCUT2D eigenvalue weighted by Gasteiger charge is 2.46. The second kappa shape index (κ2) is 29.0. The van der Waals surface area contributed by atoms with E-state index in [0.717, 1.165) is 57.1 Å². The van der Waals surface area contributed by atoms with Crippen molar-refractivity contribution >= 4 is 5.91 Å². The summed E-state index contributed by atoms with van der Waals surface area (Å²) in [5.41, 5.74) is 1.29. The third-order valence-corrected chi connectivity index (χ3v) is 13.5. The highest BCUT2D eigenvalue weighted by molar-refractivity contribution is 5.76. The first kappa shape index (κ1) is 52.0. The maximum absolute atomic E-state index is 14.0. The van der Waals surface area contributed by atoms with Crippen LogP contribution in [0.15, 0.2) is 48.5 Å². The molecule has 0 bridgehead atoms. The van der Waals surface area contributed by atoms with Crippen molar-refractivity contribution in [2.75, 3.05) is 13.3 Å². The average molecular weight is 870 g/mol. The number of amides is 1. The second-order valence-corrected chi connectivity index (χ2v) is 19.1. The van der Waals surface area contributed by atoms with E-state index in [1.807, 2.05) is 26.0 Å². The molecular formula is C53H85F2NO6. The van der Waals surface area contributed by atoms with E-state index in [2.05, 4.69) is 45.1 Å². The topological polar surface area (TPSA) is 75.3 Å². The number of aryl methyl sites for hydroxylation is 1. The number of nitrogens with one attached hydrogen (secondary N) is 1. The molecule has 1 amide bonds. The fourth-order valence-corrected chi connectivity index (χ4v) is 9.20. The molecule has 0 aromatic heterocycles. The maximum Gasteiger partial charge on any atom is 0.220 e. The molecule has 0 spiro atoms. The van der Waals surface area contributed by atoms with Crippen LogP contribution in [0.5, 0.6) is 11.5 Å². The number of hydrogen-bond acceptors (Lipinski definition) is 6. The number of halogens is 2. The van der Waals surface area contributed by atoms with Crippen LogP contribution < -0.4 is 10.1 Å². The smallest absolute Gasteiger partial charge is 0.220 e. The van der Waals surface area contributed by atoms with Crippen LogP contribution in [0.4, 0.5) is 8.78 Å². The number of ether oxygens (including phenoxy) is 5. The lowest BCUT2D eigenvalue weighted by Crippen LogP contribution is -2.53. The van der Waals surface area contributed by atoms with E-state index in [1.165, 1.54) is 108 Å². The summed E-state index contributed by atoms with van der Waals surface area (Å²) in [6.07, 6.45) is 25.3. The second-order valence-electron chi connectivity index (χ2n) is 19.1. The Bertz CT molecular complexity index is 1470. The lowest BCUT2D eigenvalue weighted by molar-refractivity contribution is -0.254. The summed E-state index contributed by atoms with van der Waals surface area (Å²) in [6.45, 7) is 12.2. The molecule has 352 valence electrons. The molecule has 0 saturated carbocycles. The van der Waals surface area contributed by atoms with E-state index < -0.39 is 30.9 Å². The maximum atomic E-state index is 14.0. The first-order valence-electron chi connectivity index (χ1n) is 25.0. The molecule has 4 rings (SSSR count). The van der Waals surface area contributed by atoms with Crippen molar-refractivity contribution in [3.63, 3.8) is 0 Å². The fraction of sp³-hybridized carbons (Fsp3) is 0.755. The lowest BCUT2D eigenvalue weighted by Gasteiger charge is -2.43. The van der Waals surface area contributed by atoms with Crippen LogP contribution >= 0.6 is 0 Å². The minimum Gasteiger partial charge on any atom is -0.457 e. The highest BCUT2D eigenvalue weighted by atomic mass is 19.1. The Morgan fingerprint density at radius 2 is 1.21 bits per heavy atom. The molecule has 2 fully saturated rings. The summed E-state index contributed by atoms with van der Waals surface area (Å²) in [7, 11) is 0. The normalized spacial score (nSPS) is 24.0. The van der Waals surface area contributed by atoms with Crippen molar-refractivity contribution in [2.45, 2.75) is 226 Å². The molecule has 1 N–H and O–H groups in total. The van der Waals surface area contributed by atoms with Crippen LogP contribution in [0.1, 0.15) is 188 Å². The molecule has 2 saturated heterocycles. The van der Waals surface area contributed by atoms with Crippen molar-refractivity contribution < 1.29 is 37.3 Å². The Balaban J connectivity index is 1.16. The van der Waals surface area contributed by atoms with E-state index in [0.29, 0.717) is 12.2 Å². The van der Waals surface area contributed by atoms with E-state index >= 15 is 0 Å². The minimum absolute atomic E-state index is 0.00677. The first-order chi connectivity index (χ1) is 30.0. The van der Waals surface area contributed by atoms with Gasteiger partial charge in [-0.15, -0.1) is 0 Å². The molecule has 2 aliphatic heterocycles. The Morgan fingerprint density at radius 3 is 1.79 bits per heavy atom. The molecule has 0 radical (unpaired) electrons. The fourth-order valence-electron chi connectivity index (χ4n) is 9.20. The van der Waals surface area contributed by atoms with Crippen molar-refractivity contribution in [1.29, 1.82) is 0 Å². The number of hydrogen-bond donors (Lipinski definition) is 1. The molecule has 7 nitrogen and oxygen atoms in total. The number of unbranched alkanes of at least 4 members (excludes halogenated alkanes) is 18. The monoisotopic (exact) mass is 870 g/mol. The number of rotatable bonds is 32. The predicted octanol–water partition coefficient (Wildman–Crippen LogP) is 14.4. The van der Waals surface area contributed by atoms with Gasteiger partial charge in [-0.25, -0.2) is 8.78 Å². The number of alkyl halides is 1. The van der Waals surface area contributed by atoms with Gasteiger partial charge in [-0.05, 0) is 93.3 Å². The largest absolute Gasteiger partial charge is 0.457 e. The summed E-state index contributed by atoms with van der Waals surface area (Å²) in [5.74, 6) is 0.779. The lowest BCUT2D eigenvalue weighted by atomic mass is 9.79. The third kappa shape index (κ3) is 19.3. The van der Waals surface area contributed by atoms with Crippen molar-refractivity contribution in [1.82, 2.24) is 5.32 Å². The summed E-state index contributed by atoms with van der Waals surface area (Å²) < 4.78 is 58.6. The molecule has 2 unspecified atom stereocenters. The predicted molar refractivity (Wildman–Crippen MR) is 248 cm³/mol. The van der Waals surface area contributed by atoms with Gasteiger partial charge in [0.2, 0.25) is 5.91 Å². The molecule has 2 heterocycles. The number of benzene rings is 2. The third-order valence-electron chi connectivity index (χ3n) is 13.5. The summed E-state index contributed by atoms with van der Waals surface area (Å²) >= 11 is 0. The molecule has 2 aromatic rings. The van der Waals surface area contributed by atoms with Gasteiger partial charge >= 0.3 is 0 Å². The molecule has 8 atom stereocenters. The van der Waals surface area contributed by atoms with Gasteiger partial charge in [0.1, 0.15) is 30.1 Å². The zero-order chi connectivity index (χ0) is 44.6. The van der Waals surface area contributed by atoms with Gasteiger partial charge in [-0.1, -0.05) is 155 Å². The van der Waals surface area contributed by atoms with Crippen molar-refractivity contribution in [3.8, 4) is 11.5 Å². The average Bonchev–Trinajstić information content (AvgIpc) is 3.57. The van der Waals surface area contributed by atoms with E-state index in [4.69, 9.17) is 23.7 Å². The Hall–Kier alpha value is -2.59. The van der Waals surface area contributed by atoms with Gasteiger partial charge in [0.05, 0.1) is 24.9 Å². The summed E-state index contributed by atoms with van der Waals surface area (Å²) in [6, 6.07) is 13.8. The molecule has 62 heavy (non-hydrogen) atoms. The van der Waals surface area contributed by atoms with Crippen molar-refractivity contribution in [3.05, 3.63) is 59.9 Å². The summed E-state index contributed by atoms with van der Waals surface area (Å²) in [5, 5.41) is 3.31. The standard InChI is InChI=1S/C53H85F2NO6/c1-7-8-9-10-11-12-13-14-15-19-22-25-28-48-51(62-53(5,6)61-48)47(39-58-52-42(4)40(2)41(3)49(38-54)60-52)56-50(57)29-26-23-20-17-16-18-21-24-27-43-30-34-45(35-31-43)59-46-36-32-44(55)33-37-46/h30-37,40-42,47-49,51-52H,7-29,38-39H2,1-6H3,(H,56,57)/t40-,41-,42?,47-,48+,49?,51-,52-/m0/s1. The zero-order valence-electron chi connectivity index (χ0n) is 39.6. The van der Waals surface area contributed by atoms with E-state index in [1.54, 1.807) is 12.1 Å². The Morgan fingerprint density at radius 1 is 0.677 bits per heavy atom. The van der Waals surface area contributed by atoms with Crippen LogP contribution in [-0.4, -0.2) is 55.6 Å². The molecule has 2 aliphatic rings. The Kier molecular flexibility index (Phi) is 24.4. The van der Waals surface area contributed by atoms with Crippen LogP contribution in [0.2, 0.25) is 0 Å². The highest BCUT2D eigenvalue weighted by Crippen LogP contribution is 2.37. The van der Waals surface area contributed by atoms with Gasteiger partial charge < -0.3 is 29.0 Å². The van der Waals surface area contributed by atoms with Gasteiger partial charge in [0.25, 0.3) is 0 Å². The van der Waals surface area contributed by atoms with Gasteiger partial charge in [0.15, 0.2) is 12.1 Å². The SMILES string of the molecule is CCCCCCCCCCCCCC[C@H]1OC(C)(C)O[C@H]1[C@H](CO[C@H]1OC(CF)[C@@H](C)[C@H](C)C1C)NC(=O)CCCCCCCCCCc1ccc(Oc2ccc(F)cc2)cc1. The van der Waals surface area contributed by atoms with E-state index in [9.17, 15) is 13.6 Å². The van der Waals surface area contributed by atoms with Gasteiger partial charge in [-0.2, -0.15) is 0 Å².